The van der Waals surface area contributed by atoms with Crippen molar-refractivity contribution in [2.75, 3.05) is 13.2 Å². The third-order valence-corrected chi connectivity index (χ3v) is 6.53. The van der Waals surface area contributed by atoms with Gasteiger partial charge in [-0.3, -0.25) is 9.59 Å². The van der Waals surface area contributed by atoms with Crippen LogP contribution in [0.5, 0.6) is 5.75 Å². The predicted molar refractivity (Wildman–Crippen MR) is 127 cm³/mol. The van der Waals surface area contributed by atoms with Crippen molar-refractivity contribution in [3.63, 3.8) is 0 Å². The number of aromatic nitrogens is 2. The van der Waals surface area contributed by atoms with Crippen molar-refractivity contribution in [2.45, 2.75) is 38.8 Å². The molecule has 7 nitrogen and oxygen atoms in total. The number of amides is 1. The van der Waals surface area contributed by atoms with Crippen LogP contribution in [0.3, 0.4) is 0 Å². The molecule has 1 amide bonds. The highest BCUT2D eigenvalue weighted by Crippen LogP contribution is 2.41. The Morgan fingerprint density at radius 3 is 2.79 bits per heavy atom. The largest absolute Gasteiger partial charge is 0.507 e. The SMILES string of the molecule is CCCCOc1cccc(C(O)=C2C(=O)C(=O)N(CCCn3ccnc3)[C@@H]2c2cccs2)c1. The van der Waals surface area contributed by atoms with E-state index in [1.807, 2.05) is 34.3 Å². The van der Waals surface area contributed by atoms with E-state index in [1.54, 1.807) is 35.6 Å². The number of aliphatic hydroxyl groups excluding tert-OH is 1. The summed E-state index contributed by atoms with van der Waals surface area (Å²) in [4.78, 5) is 32.5. The van der Waals surface area contributed by atoms with Crippen molar-refractivity contribution in [1.82, 2.24) is 14.5 Å². The number of ketones is 1. The summed E-state index contributed by atoms with van der Waals surface area (Å²) < 4.78 is 7.69. The van der Waals surface area contributed by atoms with Gasteiger partial charge in [-0.2, -0.15) is 0 Å². The third-order valence-electron chi connectivity index (χ3n) is 5.60. The van der Waals surface area contributed by atoms with Crippen molar-refractivity contribution >= 4 is 28.8 Å². The Balaban J connectivity index is 1.64. The van der Waals surface area contributed by atoms with E-state index in [9.17, 15) is 14.7 Å². The van der Waals surface area contributed by atoms with Crippen molar-refractivity contribution in [3.8, 4) is 5.75 Å². The fourth-order valence-corrected chi connectivity index (χ4v) is 4.76. The molecule has 0 aliphatic carbocycles. The Labute approximate surface area is 196 Å². The average Bonchev–Trinajstić information content (AvgIpc) is 3.58. The Kier molecular flexibility index (Phi) is 7.24. The summed E-state index contributed by atoms with van der Waals surface area (Å²) in [6.07, 6.45) is 7.90. The van der Waals surface area contributed by atoms with Crippen LogP contribution in [0.25, 0.3) is 5.76 Å². The molecule has 3 heterocycles. The van der Waals surface area contributed by atoms with Crippen LogP contribution in [-0.4, -0.2) is 44.4 Å². The second-order valence-corrected chi connectivity index (χ2v) is 8.87. The van der Waals surface area contributed by atoms with Gasteiger partial charge in [-0.25, -0.2) is 4.98 Å². The highest BCUT2D eigenvalue weighted by molar-refractivity contribution is 7.10. The number of aryl methyl sites for hydroxylation is 1. The van der Waals surface area contributed by atoms with E-state index in [1.165, 1.54) is 11.3 Å². The van der Waals surface area contributed by atoms with Crippen LogP contribution >= 0.6 is 11.3 Å². The first-order chi connectivity index (χ1) is 16.1. The molecular formula is C25H27N3O4S. The summed E-state index contributed by atoms with van der Waals surface area (Å²) >= 11 is 1.46. The number of hydrogen-bond acceptors (Lipinski definition) is 6. The lowest BCUT2D eigenvalue weighted by Crippen LogP contribution is -2.31. The van der Waals surface area contributed by atoms with E-state index >= 15 is 0 Å². The van der Waals surface area contributed by atoms with Gasteiger partial charge in [0, 0.05) is 35.9 Å². The molecule has 3 aromatic rings. The number of ether oxygens (including phenoxy) is 1. The normalized spacial score (nSPS) is 17.6. The first kappa shape index (κ1) is 22.8. The number of hydrogen-bond donors (Lipinski definition) is 1. The molecule has 172 valence electrons. The standard InChI is InChI=1S/C25H27N3O4S/c1-2-3-14-32-19-8-4-7-18(16-19)23(29)21-22(20-9-5-15-33-20)28(25(31)24(21)30)12-6-11-27-13-10-26-17-27/h4-5,7-10,13,15-17,22,29H,2-3,6,11-12,14H2,1H3/t22-/m1/s1. The van der Waals surface area contributed by atoms with E-state index < -0.39 is 17.7 Å². The van der Waals surface area contributed by atoms with Gasteiger partial charge in [0.25, 0.3) is 11.7 Å². The number of carbonyl (C=O) groups excluding carboxylic acids is 2. The zero-order valence-electron chi connectivity index (χ0n) is 18.5. The number of benzene rings is 1. The summed E-state index contributed by atoms with van der Waals surface area (Å²) in [7, 11) is 0. The molecule has 33 heavy (non-hydrogen) atoms. The molecule has 0 bridgehead atoms. The summed E-state index contributed by atoms with van der Waals surface area (Å²) in [6, 6.07) is 10.2. The third kappa shape index (κ3) is 5.01. The summed E-state index contributed by atoms with van der Waals surface area (Å²) in [6.45, 7) is 3.74. The highest BCUT2D eigenvalue weighted by Gasteiger charge is 2.46. The molecule has 1 aromatic carbocycles. The molecule has 1 aliphatic rings. The summed E-state index contributed by atoms with van der Waals surface area (Å²) in [5.41, 5.74) is 0.581. The second kappa shape index (κ2) is 10.5. The molecule has 1 saturated heterocycles. The van der Waals surface area contributed by atoms with Crippen LogP contribution in [0.1, 0.15) is 42.7 Å². The number of likely N-dealkylation sites (tertiary alicyclic amines) is 1. The summed E-state index contributed by atoms with van der Waals surface area (Å²) in [5, 5.41) is 13.1. The van der Waals surface area contributed by atoms with Crippen LogP contribution < -0.4 is 4.74 Å². The molecule has 0 saturated carbocycles. The van der Waals surface area contributed by atoms with E-state index in [0.717, 1.165) is 17.7 Å². The van der Waals surface area contributed by atoms with Gasteiger partial charge < -0.3 is 19.3 Å². The van der Waals surface area contributed by atoms with Crippen LogP contribution in [0.15, 0.2) is 66.1 Å². The van der Waals surface area contributed by atoms with Gasteiger partial charge in [0.15, 0.2) is 0 Å². The maximum atomic E-state index is 13.1. The zero-order chi connectivity index (χ0) is 23.2. The van der Waals surface area contributed by atoms with Gasteiger partial charge in [-0.05, 0) is 36.4 Å². The fourth-order valence-electron chi connectivity index (χ4n) is 3.92. The molecular weight excluding hydrogens is 438 g/mol. The molecule has 4 rings (SSSR count). The van der Waals surface area contributed by atoms with Gasteiger partial charge in [-0.1, -0.05) is 31.5 Å². The molecule has 1 N–H and O–H groups in total. The van der Waals surface area contributed by atoms with Crippen LogP contribution in [0.4, 0.5) is 0 Å². The fraction of sp³-hybridized carbons (Fsp3) is 0.320. The summed E-state index contributed by atoms with van der Waals surface area (Å²) in [5.74, 6) is -0.804. The monoisotopic (exact) mass is 465 g/mol. The molecule has 8 heteroatoms. The number of Topliss-reactive ketones (excluding diaryl/α,β-unsaturated/α-hetero) is 1. The van der Waals surface area contributed by atoms with Gasteiger partial charge in [0.2, 0.25) is 0 Å². The molecule has 0 radical (unpaired) electrons. The van der Waals surface area contributed by atoms with Gasteiger partial charge in [0.05, 0.1) is 24.5 Å². The van der Waals surface area contributed by atoms with Crippen LogP contribution in [0, 0.1) is 0 Å². The Bertz CT molecular complexity index is 1120. The first-order valence-electron chi connectivity index (χ1n) is 11.1. The quantitative estimate of drug-likeness (QED) is 0.204. The maximum Gasteiger partial charge on any atom is 0.295 e. The smallest absolute Gasteiger partial charge is 0.295 e. The first-order valence-corrected chi connectivity index (χ1v) is 12.0. The Morgan fingerprint density at radius 2 is 2.06 bits per heavy atom. The number of rotatable bonds is 10. The lowest BCUT2D eigenvalue weighted by Gasteiger charge is -2.24. The molecule has 1 atom stereocenters. The number of thiophene rings is 1. The Hall–Kier alpha value is -3.39. The average molecular weight is 466 g/mol. The Morgan fingerprint density at radius 1 is 1.18 bits per heavy atom. The van der Waals surface area contributed by atoms with Crippen LogP contribution in [0.2, 0.25) is 0 Å². The molecule has 2 aromatic heterocycles. The van der Waals surface area contributed by atoms with Crippen LogP contribution in [-0.2, 0) is 16.1 Å². The minimum atomic E-state index is -0.661. The van der Waals surface area contributed by atoms with E-state index in [-0.39, 0.29) is 11.3 Å². The maximum absolute atomic E-state index is 13.1. The van der Waals surface area contributed by atoms with E-state index in [0.29, 0.717) is 37.4 Å². The highest BCUT2D eigenvalue weighted by atomic mass is 32.1. The molecule has 1 fully saturated rings. The van der Waals surface area contributed by atoms with Crippen molar-refractivity contribution in [3.05, 3.63) is 76.5 Å². The lowest BCUT2D eigenvalue weighted by molar-refractivity contribution is -0.139. The zero-order valence-corrected chi connectivity index (χ0v) is 19.3. The van der Waals surface area contributed by atoms with Gasteiger partial charge in [-0.15, -0.1) is 11.3 Å². The van der Waals surface area contributed by atoms with Crippen molar-refractivity contribution in [2.24, 2.45) is 0 Å². The number of carbonyl (C=O) groups is 2. The number of nitrogens with zero attached hydrogens (tertiary/aromatic N) is 3. The van der Waals surface area contributed by atoms with Gasteiger partial charge in [0.1, 0.15) is 11.5 Å². The van der Waals surface area contributed by atoms with Crippen molar-refractivity contribution in [1.29, 1.82) is 0 Å². The predicted octanol–water partition coefficient (Wildman–Crippen LogP) is 4.64. The van der Waals surface area contributed by atoms with E-state index in [2.05, 4.69) is 11.9 Å². The number of unbranched alkanes of at least 4 members (excludes halogenated alkanes) is 1. The topological polar surface area (TPSA) is 84.7 Å². The van der Waals surface area contributed by atoms with Gasteiger partial charge >= 0.3 is 0 Å². The minimum Gasteiger partial charge on any atom is -0.507 e. The van der Waals surface area contributed by atoms with Crippen molar-refractivity contribution < 1.29 is 19.4 Å². The molecule has 1 aliphatic heterocycles. The lowest BCUT2D eigenvalue weighted by atomic mass is 9.99. The minimum absolute atomic E-state index is 0.121. The molecule has 0 spiro atoms. The molecule has 0 unspecified atom stereocenters. The second-order valence-electron chi connectivity index (χ2n) is 7.89. The number of imidazole rings is 1. The number of aliphatic hydroxyl groups is 1. The van der Waals surface area contributed by atoms with E-state index in [4.69, 9.17) is 4.74 Å².